The Hall–Kier alpha value is -0.0800. The molecule has 0 amide bonds. The molecule has 0 radical (unpaired) electrons. The van der Waals surface area contributed by atoms with Gasteiger partial charge in [-0.1, -0.05) is 25.7 Å². The van der Waals surface area contributed by atoms with Crippen molar-refractivity contribution >= 4 is 0 Å². The molecular weight excluding hydrogens is 162 g/mol. The van der Waals surface area contributed by atoms with E-state index in [0.29, 0.717) is 5.92 Å². The molecule has 1 unspecified atom stereocenters. The molecule has 3 N–H and O–H groups in total. The van der Waals surface area contributed by atoms with Crippen LogP contribution in [-0.2, 0) is 0 Å². The lowest BCUT2D eigenvalue weighted by atomic mass is 9.69. The predicted molar refractivity (Wildman–Crippen MR) is 53.4 cm³/mol. The lowest BCUT2D eigenvalue weighted by Crippen LogP contribution is -2.54. The van der Waals surface area contributed by atoms with Crippen molar-refractivity contribution in [2.24, 2.45) is 11.7 Å². The summed E-state index contributed by atoms with van der Waals surface area (Å²) in [6.07, 6.45) is 9.27. The lowest BCUT2D eigenvalue weighted by Gasteiger charge is -2.44. The first-order chi connectivity index (χ1) is 6.22. The number of hydrogen-bond acceptors (Lipinski definition) is 2. The van der Waals surface area contributed by atoms with Crippen molar-refractivity contribution in [3.05, 3.63) is 0 Å². The normalized spacial score (nSPS) is 30.9. The molecule has 0 aromatic rings. The van der Waals surface area contributed by atoms with E-state index < -0.39 is 5.60 Å². The molecule has 13 heavy (non-hydrogen) atoms. The molecule has 0 aromatic heterocycles. The average molecular weight is 183 g/mol. The van der Waals surface area contributed by atoms with Crippen LogP contribution in [0.25, 0.3) is 0 Å². The maximum atomic E-state index is 10.4. The van der Waals surface area contributed by atoms with Crippen LogP contribution in [0.15, 0.2) is 0 Å². The molecule has 2 nitrogen and oxygen atoms in total. The van der Waals surface area contributed by atoms with Gasteiger partial charge in [0.05, 0.1) is 5.60 Å². The van der Waals surface area contributed by atoms with Gasteiger partial charge in [0.1, 0.15) is 0 Å². The average Bonchev–Trinajstić information content (AvgIpc) is 2.02. The van der Waals surface area contributed by atoms with Crippen molar-refractivity contribution in [2.45, 2.75) is 63.0 Å². The molecule has 76 valence electrons. The summed E-state index contributed by atoms with van der Waals surface area (Å²) in [5.74, 6) is 0.614. The zero-order valence-corrected chi connectivity index (χ0v) is 8.34. The van der Waals surface area contributed by atoms with Crippen LogP contribution in [0, 0.1) is 5.92 Å². The Kier molecular flexibility index (Phi) is 2.61. The maximum absolute atomic E-state index is 10.4. The van der Waals surface area contributed by atoms with Gasteiger partial charge < -0.3 is 10.8 Å². The largest absolute Gasteiger partial charge is 0.388 e. The number of aliphatic hydroxyl groups is 1. The van der Waals surface area contributed by atoms with E-state index in [1.54, 1.807) is 0 Å². The van der Waals surface area contributed by atoms with Gasteiger partial charge >= 0.3 is 0 Å². The van der Waals surface area contributed by atoms with E-state index in [-0.39, 0.29) is 6.04 Å². The fraction of sp³-hybridized carbons (Fsp3) is 1.00. The molecule has 0 aliphatic heterocycles. The molecular formula is C11H21NO. The molecule has 0 heterocycles. The minimum Gasteiger partial charge on any atom is -0.388 e. The van der Waals surface area contributed by atoms with Gasteiger partial charge in [-0.2, -0.15) is 0 Å². The highest BCUT2D eigenvalue weighted by Crippen LogP contribution is 2.39. The van der Waals surface area contributed by atoms with Crippen molar-refractivity contribution in [1.29, 1.82) is 0 Å². The standard InChI is InChI=1S/C11H21NO/c12-10(9-5-4-6-9)11(13)7-2-1-3-8-11/h9-10,13H,1-8,12H2. The monoisotopic (exact) mass is 183 g/mol. The highest BCUT2D eigenvalue weighted by Gasteiger charge is 2.41. The van der Waals surface area contributed by atoms with Crippen molar-refractivity contribution in [1.82, 2.24) is 0 Å². The molecule has 2 aliphatic rings. The Morgan fingerprint density at radius 1 is 1.08 bits per heavy atom. The maximum Gasteiger partial charge on any atom is 0.0800 e. The van der Waals surface area contributed by atoms with Crippen LogP contribution < -0.4 is 5.73 Å². The summed E-state index contributed by atoms with van der Waals surface area (Å²) >= 11 is 0. The van der Waals surface area contributed by atoms with Crippen LogP contribution in [0.4, 0.5) is 0 Å². The summed E-state index contributed by atoms with van der Waals surface area (Å²) < 4.78 is 0. The van der Waals surface area contributed by atoms with Gasteiger partial charge in [-0.05, 0) is 31.6 Å². The number of hydrogen-bond donors (Lipinski definition) is 2. The smallest absolute Gasteiger partial charge is 0.0800 e. The second-order valence-electron chi connectivity index (χ2n) is 4.88. The van der Waals surface area contributed by atoms with Crippen molar-refractivity contribution in [3.63, 3.8) is 0 Å². The van der Waals surface area contributed by atoms with Crippen molar-refractivity contribution in [2.75, 3.05) is 0 Å². The van der Waals surface area contributed by atoms with Crippen molar-refractivity contribution < 1.29 is 5.11 Å². The van der Waals surface area contributed by atoms with E-state index in [1.165, 1.54) is 25.7 Å². The Morgan fingerprint density at radius 2 is 1.69 bits per heavy atom. The first kappa shape index (κ1) is 9.47. The summed E-state index contributed by atoms with van der Waals surface area (Å²) in [6.45, 7) is 0. The fourth-order valence-electron chi connectivity index (χ4n) is 2.74. The third-order valence-corrected chi connectivity index (χ3v) is 4.00. The second kappa shape index (κ2) is 3.58. The van der Waals surface area contributed by atoms with E-state index in [4.69, 9.17) is 5.73 Å². The molecule has 2 rings (SSSR count). The fourth-order valence-corrected chi connectivity index (χ4v) is 2.74. The molecule has 2 fully saturated rings. The highest BCUT2D eigenvalue weighted by molar-refractivity contribution is 4.97. The Morgan fingerprint density at radius 3 is 2.15 bits per heavy atom. The molecule has 0 spiro atoms. The molecule has 0 saturated heterocycles. The van der Waals surface area contributed by atoms with E-state index in [1.807, 2.05) is 0 Å². The van der Waals surface area contributed by atoms with Gasteiger partial charge in [0, 0.05) is 6.04 Å². The van der Waals surface area contributed by atoms with Crippen LogP contribution in [0.5, 0.6) is 0 Å². The number of rotatable bonds is 2. The summed E-state index contributed by atoms with van der Waals surface area (Å²) in [5.41, 5.74) is 5.63. The van der Waals surface area contributed by atoms with Crippen LogP contribution in [-0.4, -0.2) is 16.7 Å². The molecule has 2 saturated carbocycles. The third-order valence-electron chi connectivity index (χ3n) is 4.00. The van der Waals surface area contributed by atoms with Gasteiger partial charge in [0.25, 0.3) is 0 Å². The topological polar surface area (TPSA) is 46.2 Å². The molecule has 1 atom stereocenters. The predicted octanol–water partition coefficient (Wildman–Crippen LogP) is 1.81. The summed E-state index contributed by atoms with van der Waals surface area (Å²) in [5, 5.41) is 10.4. The van der Waals surface area contributed by atoms with Gasteiger partial charge in [-0.3, -0.25) is 0 Å². The van der Waals surface area contributed by atoms with Gasteiger partial charge in [-0.25, -0.2) is 0 Å². The quantitative estimate of drug-likeness (QED) is 0.686. The van der Waals surface area contributed by atoms with Gasteiger partial charge in [0.15, 0.2) is 0 Å². The summed E-state index contributed by atoms with van der Waals surface area (Å²) in [6, 6.07) is 0.0570. The van der Waals surface area contributed by atoms with E-state index >= 15 is 0 Å². The van der Waals surface area contributed by atoms with Crippen LogP contribution in [0.3, 0.4) is 0 Å². The van der Waals surface area contributed by atoms with Crippen LogP contribution in [0.1, 0.15) is 51.4 Å². The zero-order chi connectivity index (χ0) is 9.31. The SMILES string of the molecule is NC(C1CCC1)C1(O)CCCCC1. The second-order valence-corrected chi connectivity index (χ2v) is 4.88. The Bertz CT molecular complexity index is 171. The molecule has 2 aliphatic carbocycles. The van der Waals surface area contributed by atoms with Gasteiger partial charge in [0.2, 0.25) is 0 Å². The first-order valence-electron chi connectivity index (χ1n) is 5.70. The molecule has 0 aromatic carbocycles. The van der Waals surface area contributed by atoms with Crippen molar-refractivity contribution in [3.8, 4) is 0 Å². The number of nitrogens with two attached hydrogens (primary N) is 1. The Labute approximate surface area is 80.5 Å². The third kappa shape index (κ3) is 1.75. The van der Waals surface area contributed by atoms with Crippen LogP contribution in [0.2, 0.25) is 0 Å². The van der Waals surface area contributed by atoms with E-state index in [2.05, 4.69) is 0 Å². The summed E-state index contributed by atoms with van der Waals surface area (Å²) in [7, 11) is 0. The first-order valence-corrected chi connectivity index (χ1v) is 5.70. The van der Waals surface area contributed by atoms with E-state index in [0.717, 1.165) is 25.7 Å². The van der Waals surface area contributed by atoms with E-state index in [9.17, 15) is 5.11 Å². The lowest BCUT2D eigenvalue weighted by molar-refractivity contribution is -0.0463. The van der Waals surface area contributed by atoms with Crippen LogP contribution >= 0.6 is 0 Å². The van der Waals surface area contributed by atoms with Gasteiger partial charge in [-0.15, -0.1) is 0 Å². The molecule has 2 heteroatoms. The Balaban J connectivity index is 1.94. The minimum absolute atomic E-state index is 0.0570. The minimum atomic E-state index is -0.511. The molecule has 0 bridgehead atoms. The summed E-state index contributed by atoms with van der Waals surface area (Å²) in [4.78, 5) is 0. The highest BCUT2D eigenvalue weighted by atomic mass is 16.3. The zero-order valence-electron chi connectivity index (χ0n) is 8.34.